The lowest BCUT2D eigenvalue weighted by Crippen LogP contribution is -2.29. The fourth-order valence-electron chi connectivity index (χ4n) is 5.24. The second-order valence-corrected chi connectivity index (χ2v) is 14.8. The molecule has 0 radical (unpaired) electrons. The number of carbonyl (C=O) groups excluding carboxylic acids is 1. The summed E-state index contributed by atoms with van der Waals surface area (Å²) in [5.74, 6) is -0.390. The molecule has 0 aliphatic carbocycles. The van der Waals surface area contributed by atoms with Crippen molar-refractivity contribution in [3.8, 4) is 0 Å². The number of rotatable bonds is 38. The molecule has 3 unspecified atom stereocenters. The summed E-state index contributed by atoms with van der Waals surface area (Å²) in [5, 5.41) is 18.3. The number of phosphoric ester groups is 1. The predicted molar refractivity (Wildman–Crippen MR) is 205 cm³/mol. The average Bonchev–Trinajstić information content (AvgIpc) is 3.10. The van der Waals surface area contributed by atoms with Crippen LogP contribution in [0.25, 0.3) is 0 Å². The van der Waals surface area contributed by atoms with Gasteiger partial charge in [0.15, 0.2) is 0 Å². The summed E-state index contributed by atoms with van der Waals surface area (Å²) < 4.78 is 33.2. The third kappa shape index (κ3) is 36.5. The van der Waals surface area contributed by atoms with Crippen molar-refractivity contribution in [1.29, 1.82) is 0 Å². The van der Waals surface area contributed by atoms with Crippen LogP contribution < -0.4 is 0 Å². The number of allylic oxidation sites excluding steroid dienone is 6. The zero-order valence-electron chi connectivity index (χ0n) is 31.9. The molecule has 0 spiro atoms. The van der Waals surface area contributed by atoms with Crippen molar-refractivity contribution in [2.75, 3.05) is 33.0 Å². The highest BCUT2D eigenvalue weighted by Gasteiger charge is 2.26. The minimum Gasteiger partial charge on any atom is -0.457 e. The van der Waals surface area contributed by atoms with Crippen molar-refractivity contribution in [2.24, 2.45) is 0 Å². The monoisotopic (exact) mass is 731 g/mol. The molecule has 50 heavy (non-hydrogen) atoms. The van der Waals surface area contributed by atoms with Gasteiger partial charge in [-0.3, -0.25) is 13.8 Å². The van der Waals surface area contributed by atoms with Crippen molar-refractivity contribution >= 4 is 13.8 Å². The van der Waals surface area contributed by atoms with Gasteiger partial charge < -0.3 is 24.6 Å². The molecule has 294 valence electrons. The maximum Gasteiger partial charge on any atom is 0.472 e. The molecule has 0 aromatic heterocycles. The third-order valence-electron chi connectivity index (χ3n) is 8.33. The fourth-order valence-corrected chi connectivity index (χ4v) is 6.03. The Morgan fingerprint density at radius 3 is 1.66 bits per heavy atom. The molecule has 0 rings (SSSR count). The summed E-state index contributed by atoms with van der Waals surface area (Å²) in [7, 11) is -4.51. The zero-order valence-corrected chi connectivity index (χ0v) is 32.8. The predicted octanol–water partition coefficient (Wildman–Crippen LogP) is 10.5. The molecule has 10 heteroatoms. The second kappa shape index (κ2) is 37.4. The van der Waals surface area contributed by atoms with Gasteiger partial charge in [-0.15, -0.1) is 0 Å². The Morgan fingerprint density at radius 2 is 1.08 bits per heavy atom. The third-order valence-corrected chi connectivity index (χ3v) is 9.28. The summed E-state index contributed by atoms with van der Waals surface area (Å²) in [6.45, 7) is 3.44. The molecular formula is C40H75O9P. The van der Waals surface area contributed by atoms with E-state index in [9.17, 15) is 19.4 Å². The van der Waals surface area contributed by atoms with Crippen molar-refractivity contribution in [1.82, 2.24) is 0 Å². The number of esters is 1. The Kier molecular flexibility index (Phi) is 36.4. The van der Waals surface area contributed by atoms with E-state index in [2.05, 4.69) is 50.3 Å². The van der Waals surface area contributed by atoms with Crippen LogP contribution in [0, 0.1) is 0 Å². The molecule has 0 heterocycles. The molecule has 9 nitrogen and oxygen atoms in total. The Balaban J connectivity index is 4.14. The van der Waals surface area contributed by atoms with Crippen LogP contribution in [0.4, 0.5) is 0 Å². The molecule has 0 aliphatic heterocycles. The molecule has 0 aromatic rings. The highest BCUT2D eigenvalue weighted by Crippen LogP contribution is 2.43. The lowest BCUT2D eigenvalue weighted by molar-refractivity contribution is -0.154. The van der Waals surface area contributed by atoms with Gasteiger partial charge in [0, 0.05) is 13.0 Å². The molecule has 0 saturated heterocycles. The van der Waals surface area contributed by atoms with E-state index >= 15 is 0 Å². The molecule has 3 N–H and O–H groups in total. The Morgan fingerprint density at radius 1 is 0.620 bits per heavy atom. The molecule has 0 bridgehead atoms. The maximum absolute atomic E-state index is 12.5. The number of aliphatic hydroxyl groups excluding tert-OH is 2. The van der Waals surface area contributed by atoms with E-state index in [4.69, 9.17) is 23.6 Å². The van der Waals surface area contributed by atoms with Crippen molar-refractivity contribution in [3.05, 3.63) is 36.5 Å². The first kappa shape index (κ1) is 48.7. The minimum atomic E-state index is -4.51. The summed E-state index contributed by atoms with van der Waals surface area (Å²) >= 11 is 0. The van der Waals surface area contributed by atoms with Crippen molar-refractivity contribution < 1.29 is 43.0 Å². The van der Waals surface area contributed by atoms with Gasteiger partial charge in [-0.05, 0) is 51.4 Å². The molecule has 0 aromatic carbocycles. The van der Waals surface area contributed by atoms with E-state index in [0.29, 0.717) is 6.61 Å². The van der Waals surface area contributed by atoms with Crippen LogP contribution in [0.3, 0.4) is 0 Å². The summed E-state index contributed by atoms with van der Waals surface area (Å²) in [5.41, 5.74) is 0. The van der Waals surface area contributed by atoms with Gasteiger partial charge in [-0.1, -0.05) is 147 Å². The fraction of sp³-hybridized carbons (Fsp3) is 0.825. The van der Waals surface area contributed by atoms with E-state index < -0.39 is 39.2 Å². The molecule has 3 atom stereocenters. The van der Waals surface area contributed by atoms with E-state index in [1.165, 1.54) is 89.9 Å². The number of hydrogen-bond donors (Lipinski definition) is 3. The highest BCUT2D eigenvalue weighted by molar-refractivity contribution is 7.47. The Labute approximate surface area is 305 Å². The lowest BCUT2D eigenvalue weighted by atomic mass is 10.1. The van der Waals surface area contributed by atoms with E-state index in [1.807, 2.05) is 0 Å². The van der Waals surface area contributed by atoms with Gasteiger partial charge >= 0.3 is 13.8 Å². The quantitative estimate of drug-likeness (QED) is 0.0246. The molecule has 0 saturated carbocycles. The van der Waals surface area contributed by atoms with Crippen LogP contribution in [-0.4, -0.2) is 66.3 Å². The van der Waals surface area contributed by atoms with Crippen LogP contribution in [0.2, 0.25) is 0 Å². The Bertz CT molecular complexity index is 877. The summed E-state index contributed by atoms with van der Waals surface area (Å²) in [4.78, 5) is 22.4. The van der Waals surface area contributed by atoms with E-state index in [0.717, 1.165) is 57.8 Å². The number of aliphatic hydroxyl groups is 2. The molecule has 0 aliphatic rings. The van der Waals surface area contributed by atoms with E-state index in [-0.39, 0.29) is 19.6 Å². The van der Waals surface area contributed by atoms with Crippen LogP contribution in [-0.2, 0) is 27.9 Å². The molecule has 0 amide bonds. The van der Waals surface area contributed by atoms with Crippen LogP contribution in [0.15, 0.2) is 36.5 Å². The first-order chi connectivity index (χ1) is 24.3. The number of hydrogen-bond acceptors (Lipinski definition) is 8. The van der Waals surface area contributed by atoms with Crippen molar-refractivity contribution in [2.45, 2.75) is 180 Å². The molecular weight excluding hydrogens is 655 g/mol. The first-order valence-corrected chi connectivity index (χ1v) is 21.5. The largest absolute Gasteiger partial charge is 0.472 e. The van der Waals surface area contributed by atoms with Crippen LogP contribution in [0.1, 0.15) is 168 Å². The number of unbranched alkanes of at least 4 members (excludes halogenated alkanes) is 18. The minimum absolute atomic E-state index is 0.0439. The van der Waals surface area contributed by atoms with Gasteiger partial charge in [0.05, 0.1) is 26.4 Å². The normalized spacial score (nSPS) is 14.6. The van der Waals surface area contributed by atoms with Crippen LogP contribution in [0.5, 0.6) is 0 Å². The summed E-state index contributed by atoms with van der Waals surface area (Å²) in [6, 6.07) is 0. The highest BCUT2D eigenvalue weighted by atomic mass is 31.2. The van der Waals surface area contributed by atoms with Gasteiger partial charge in [0.2, 0.25) is 0 Å². The van der Waals surface area contributed by atoms with Crippen molar-refractivity contribution in [3.63, 3.8) is 0 Å². The number of carbonyl (C=O) groups is 1. The number of phosphoric acid groups is 1. The first-order valence-electron chi connectivity index (χ1n) is 20.0. The molecule has 0 fully saturated rings. The lowest BCUT2D eigenvalue weighted by Gasteiger charge is -2.20. The SMILES string of the molecule is CCCCC/C=C\C/C=C\C/C=C\CCCCCCCCCOCC(COP(=O)(O)OCC(O)CO)OC(=O)CCCCCCCCCCC. The van der Waals surface area contributed by atoms with Gasteiger partial charge in [0.25, 0.3) is 0 Å². The van der Waals surface area contributed by atoms with Crippen LogP contribution >= 0.6 is 7.82 Å². The van der Waals surface area contributed by atoms with Gasteiger partial charge in [0.1, 0.15) is 12.2 Å². The topological polar surface area (TPSA) is 132 Å². The second-order valence-electron chi connectivity index (χ2n) is 13.3. The smallest absolute Gasteiger partial charge is 0.457 e. The number of ether oxygens (including phenoxy) is 2. The Hall–Kier alpha value is -1.32. The average molecular weight is 731 g/mol. The van der Waals surface area contributed by atoms with Gasteiger partial charge in [-0.25, -0.2) is 4.57 Å². The summed E-state index contributed by atoms with van der Waals surface area (Å²) in [6.07, 6.45) is 38.2. The van der Waals surface area contributed by atoms with E-state index in [1.54, 1.807) is 0 Å². The van der Waals surface area contributed by atoms with Gasteiger partial charge in [-0.2, -0.15) is 0 Å². The zero-order chi connectivity index (χ0) is 36.8. The standard InChI is InChI=1S/C40H75O9P/c1-3-5-7-9-11-13-14-15-16-17-18-19-20-21-22-23-25-27-29-31-33-46-36-39(37-48-50(44,45)47-35-38(42)34-41)49-40(43)32-30-28-26-24-12-10-8-6-4-2/h11,13,15-16,18-19,38-39,41-42H,3-10,12,14,17,20-37H2,1-2H3,(H,44,45)/b13-11-,16-15-,19-18-. The maximum atomic E-state index is 12.5.